The van der Waals surface area contributed by atoms with Crippen LogP contribution in [0.3, 0.4) is 0 Å². The molecule has 3 N–H and O–H groups in total. The quantitative estimate of drug-likeness (QED) is 0.791. The van der Waals surface area contributed by atoms with Crippen molar-refractivity contribution in [1.29, 1.82) is 0 Å². The molecule has 6 heteroatoms. The summed E-state index contributed by atoms with van der Waals surface area (Å²) >= 11 is 5.34. The SMILES string of the molecule is CCSCCC(C)Nc1nc(N)ncc1Br. The molecule has 0 saturated carbocycles. The number of hydrogen-bond donors (Lipinski definition) is 2. The monoisotopic (exact) mass is 304 g/mol. The van der Waals surface area contributed by atoms with Crippen molar-refractivity contribution in [3.05, 3.63) is 10.7 Å². The summed E-state index contributed by atoms with van der Waals surface area (Å²) in [6, 6.07) is 0.379. The lowest BCUT2D eigenvalue weighted by Crippen LogP contribution is -2.17. The lowest BCUT2D eigenvalue weighted by atomic mass is 10.2. The van der Waals surface area contributed by atoms with Crippen LogP contribution < -0.4 is 11.1 Å². The Kier molecular flexibility index (Phi) is 5.90. The van der Waals surface area contributed by atoms with Crippen LogP contribution in [0.25, 0.3) is 0 Å². The Bertz CT molecular complexity index is 335. The van der Waals surface area contributed by atoms with E-state index >= 15 is 0 Å². The molecule has 1 heterocycles. The van der Waals surface area contributed by atoms with E-state index in [2.05, 4.69) is 45.1 Å². The number of thioether (sulfide) groups is 1. The number of nitrogens with zero attached hydrogens (tertiary/aromatic N) is 2. The van der Waals surface area contributed by atoms with Crippen LogP contribution in [-0.2, 0) is 0 Å². The Morgan fingerprint density at radius 2 is 2.38 bits per heavy atom. The Labute approximate surface area is 109 Å². The molecule has 1 unspecified atom stereocenters. The highest BCUT2D eigenvalue weighted by Gasteiger charge is 2.07. The fourth-order valence-corrected chi connectivity index (χ4v) is 2.31. The highest BCUT2D eigenvalue weighted by Crippen LogP contribution is 2.20. The summed E-state index contributed by atoms with van der Waals surface area (Å²) in [5, 5.41) is 3.32. The lowest BCUT2D eigenvalue weighted by Gasteiger charge is -2.15. The van der Waals surface area contributed by atoms with E-state index in [4.69, 9.17) is 5.73 Å². The molecule has 0 aliphatic carbocycles. The van der Waals surface area contributed by atoms with Gasteiger partial charge < -0.3 is 11.1 Å². The zero-order chi connectivity index (χ0) is 12.0. The first kappa shape index (κ1) is 13.6. The van der Waals surface area contributed by atoms with E-state index < -0.39 is 0 Å². The molecule has 0 spiro atoms. The molecule has 1 rings (SSSR count). The first-order valence-corrected chi connectivity index (χ1v) is 7.20. The summed E-state index contributed by atoms with van der Waals surface area (Å²) in [4.78, 5) is 8.04. The molecule has 1 aromatic rings. The second-order valence-corrected chi connectivity index (χ2v) is 5.70. The van der Waals surface area contributed by atoms with Gasteiger partial charge in [-0.2, -0.15) is 16.7 Å². The van der Waals surface area contributed by atoms with Gasteiger partial charge in [0.25, 0.3) is 0 Å². The molecular weight excluding hydrogens is 288 g/mol. The van der Waals surface area contributed by atoms with Crippen LogP contribution in [0.5, 0.6) is 0 Å². The summed E-state index contributed by atoms with van der Waals surface area (Å²) in [6.07, 6.45) is 2.77. The number of nitrogen functional groups attached to an aromatic ring is 1. The summed E-state index contributed by atoms with van der Waals surface area (Å²) in [7, 11) is 0. The molecule has 0 radical (unpaired) electrons. The van der Waals surface area contributed by atoms with Gasteiger partial charge in [0.1, 0.15) is 5.82 Å². The van der Waals surface area contributed by atoms with Crippen molar-refractivity contribution in [2.45, 2.75) is 26.3 Å². The van der Waals surface area contributed by atoms with Crippen LogP contribution in [0, 0.1) is 0 Å². The Morgan fingerprint density at radius 1 is 1.62 bits per heavy atom. The molecule has 0 amide bonds. The van der Waals surface area contributed by atoms with Crippen molar-refractivity contribution in [2.24, 2.45) is 0 Å². The molecule has 0 aliphatic heterocycles. The van der Waals surface area contributed by atoms with E-state index in [1.54, 1.807) is 6.20 Å². The Hall–Kier alpha value is -0.490. The largest absolute Gasteiger partial charge is 0.368 e. The van der Waals surface area contributed by atoms with Gasteiger partial charge in [0.05, 0.1) is 4.47 Å². The van der Waals surface area contributed by atoms with Gasteiger partial charge in [0.15, 0.2) is 0 Å². The van der Waals surface area contributed by atoms with E-state index in [1.165, 1.54) is 0 Å². The number of halogens is 1. The van der Waals surface area contributed by atoms with Crippen molar-refractivity contribution < 1.29 is 0 Å². The van der Waals surface area contributed by atoms with E-state index in [0.717, 1.165) is 28.2 Å². The molecule has 0 bridgehead atoms. The maximum absolute atomic E-state index is 5.54. The van der Waals surface area contributed by atoms with Crippen LogP contribution in [-0.4, -0.2) is 27.5 Å². The first-order chi connectivity index (χ1) is 7.63. The van der Waals surface area contributed by atoms with Crippen molar-refractivity contribution >= 4 is 39.5 Å². The average molecular weight is 305 g/mol. The minimum absolute atomic E-state index is 0.292. The second-order valence-electron chi connectivity index (χ2n) is 3.46. The van der Waals surface area contributed by atoms with E-state index in [0.29, 0.717) is 12.0 Å². The molecule has 0 aliphatic rings. The van der Waals surface area contributed by atoms with Crippen LogP contribution in [0.15, 0.2) is 10.7 Å². The maximum Gasteiger partial charge on any atom is 0.221 e. The summed E-state index contributed by atoms with van der Waals surface area (Å²) in [5.41, 5.74) is 5.54. The molecule has 4 nitrogen and oxygen atoms in total. The van der Waals surface area contributed by atoms with Gasteiger partial charge in [-0.25, -0.2) is 4.98 Å². The number of rotatable bonds is 6. The van der Waals surface area contributed by atoms with E-state index in [1.807, 2.05) is 11.8 Å². The fraction of sp³-hybridized carbons (Fsp3) is 0.600. The molecular formula is C10H17BrN4S. The van der Waals surface area contributed by atoms with Gasteiger partial charge in [-0.1, -0.05) is 6.92 Å². The average Bonchev–Trinajstić information content (AvgIpc) is 2.24. The summed E-state index contributed by atoms with van der Waals surface area (Å²) in [6.45, 7) is 4.31. The smallest absolute Gasteiger partial charge is 0.221 e. The van der Waals surface area contributed by atoms with E-state index in [-0.39, 0.29) is 0 Å². The minimum atomic E-state index is 0.292. The van der Waals surface area contributed by atoms with E-state index in [9.17, 15) is 0 Å². The molecule has 0 aromatic carbocycles. The third kappa shape index (κ3) is 4.57. The van der Waals surface area contributed by atoms with Crippen LogP contribution >= 0.6 is 27.7 Å². The van der Waals surface area contributed by atoms with Gasteiger partial charge in [-0.3, -0.25) is 0 Å². The van der Waals surface area contributed by atoms with Gasteiger partial charge in [0, 0.05) is 12.2 Å². The van der Waals surface area contributed by atoms with Gasteiger partial charge in [0.2, 0.25) is 5.95 Å². The Morgan fingerprint density at radius 3 is 3.06 bits per heavy atom. The predicted octanol–water partition coefficient (Wildman–Crippen LogP) is 2.76. The highest BCUT2D eigenvalue weighted by atomic mass is 79.9. The predicted molar refractivity (Wildman–Crippen MR) is 74.8 cm³/mol. The maximum atomic E-state index is 5.54. The number of nitrogens with one attached hydrogen (secondary N) is 1. The highest BCUT2D eigenvalue weighted by molar-refractivity contribution is 9.10. The zero-order valence-electron chi connectivity index (χ0n) is 9.53. The van der Waals surface area contributed by atoms with Crippen molar-refractivity contribution in [1.82, 2.24) is 9.97 Å². The first-order valence-electron chi connectivity index (χ1n) is 5.25. The number of aromatic nitrogens is 2. The fourth-order valence-electron chi connectivity index (χ4n) is 1.19. The number of nitrogens with two attached hydrogens (primary N) is 1. The molecule has 1 aromatic heterocycles. The minimum Gasteiger partial charge on any atom is -0.368 e. The zero-order valence-corrected chi connectivity index (χ0v) is 11.9. The normalized spacial score (nSPS) is 12.4. The second kappa shape index (κ2) is 6.96. The third-order valence-electron chi connectivity index (χ3n) is 2.05. The molecule has 0 fully saturated rings. The van der Waals surface area contributed by atoms with Crippen molar-refractivity contribution in [2.75, 3.05) is 22.6 Å². The van der Waals surface area contributed by atoms with Crippen molar-refractivity contribution in [3.8, 4) is 0 Å². The van der Waals surface area contributed by atoms with Gasteiger partial charge in [-0.15, -0.1) is 0 Å². The summed E-state index contributed by atoms with van der Waals surface area (Å²) in [5.74, 6) is 3.38. The molecule has 16 heavy (non-hydrogen) atoms. The molecule has 0 saturated heterocycles. The number of hydrogen-bond acceptors (Lipinski definition) is 5. The molecule has 1 atom stereocenters. The number of anilines is 2. The standard InChI is InChI=1S/C10H17BrN4S/c1-3-16-5-4-7(2)14-9-8(11)6-13-10(12)15-9/h6-7H,3-5H2,1-2H3,(H3,12,13,14,15). The lowest BCUT2D eigenvalue weighted by molar-refractivity contribution is 0.765. The molecule has 90 valence electrons. The van der Waals surface area contributed by atoms with Gasteiger partial charge >= 0.3 is 0 Å². The Balaban J connectivity index is 2.48. The van der Waals surface area contributed by atoms with Crippen LogP contribution in [0.2, 0.25) is 0 Å². The van der Waals surface area contributed by atoms with Crippen LogP contribution in [0.1, 0.15) is 20.3 Å². The van der Waals surface area contributed by atoms with Crippen LogP contribution in [0.4, 0.5) is 11.8 Å². The topological polar surface area (TPSA) is 63.8 Å². The van der Waals surface area contributed by atoms with Crippen molar-refractivity contribution in [3.63, 3.8) is 0 Å². The van der Waals surface area contributed by atoms with Gasteiger partial charge in [-0.05, 0) is 40.8 Å². The third-order valence-corrected chi connectivity index (χ3v) is 3.56. The summed E-state index contributed by atoms with van der Waals surface area (Å²) < 4.78 is 0.844.